The average molecular weight is 399 g/mol. The van der Waals surface area contributed by atoms with E-state index >= 15 is 0 Å². The molecule has 0 unspecified atom stereocenters. The van der Waals surface area contributed by atoms with Crippen LogP contribution in [0.2, 0.25) is 0 Å². The van der Waals surface area contributed by atoms with Gasteiger partial charge in [-0.3, -0.25) is 19.3 Å². The van der Waals surface area contributed by atoms with Gasteiger partial charge in [-0.15, -0.1) is 0 Å². The Bertz CT molecular complexity index is 581. The topological polar surface area (TPSA) is 131 Å². The fraction of sp³-hybridized carbons (Fsp3) is 0.789. The molecule has 1 rings (SSSR count). The minimum atomic E-state index is -1.22. The first-order valence-corrected chi connectivity index (χ1v) is 9.92. The van der Waals surface area contributed by atoms with Gasteiger partial charge in [0, 0.05) is 6.54 Å². The summed E-state index contributed by atoms with van der Waals surface area (Å²) in [5.74, 6) is -1.43. The Labute approximate surface area is 166 Å². The molecule has 1 saturated heterocycles. The molecule has 160 valence electrons. The van der Waals surface area contributed by atoms with Crippen molar-refractivity contribution < 1.29 is 23.9 Å². The van der Waals surface area contributed by atoms with Gasteiger partial charge in [0.05, 0.1) is 13.2 Å². The molecular formula is C19H34N4O5. The van der Waals surface area contributed by atoms with Crippen LogP contribution in [0.5, 0.6) is 0 Å². The number of rotatable bonds is 10. The van der Waals surface area contributed by atoms with E-state index in [0.717, 1.165) is 12.8 Å². The number of primary amides is 1. The molecular weight excluding hydrogens is 364 g/mol. The van der Waals surface area contributed by atoms with E-state index in [1.807, 2.05) is 20.8 Å². The summed E-state index contributed by atoms with van der Waals surface area (Å²) in [5.41, 5.74) is 3.87. The number of likely N-dealkylation sites (tertiary alicyclic amines) is 1. The van der Waals surface area contributed by atoms with E-state index < -0.39 is 35.4 Å². The quantitative estimate of drug-likeness (QED) is 0.471. The van der Waals surface area contributed by atoms with Crippen LogP contribution < -0.4 is 16.4 Å². The summed E-state index contributed by atoms with van der Waals surface area (Å²) in [6.07, 6.45) is 2.74. The molecule has 0 aromatic rings. The van der Waals surface area contributed by atoms with Crippen molar-refractivity contribution in [1.29, 1.82) is 0 Å². The fourth-order valence-electron chi connectivity index (χ4n) is 3.38. The number of ether oxygens (including phenoxy) is 1. The molecule has 0 saturated carbocycles. The second kappa shape index (κ2) is 10.9. The lowest BCUT2D eigenvalue weighted by Crippen LogP contribution is -2.61. The Morgan fingerprint density at radius 2 is 1.96 bits per heavy atom. The molecule has 0 spiro atoms. The summed E-state index contributed by atoms with van der Waals surface area (Å²) in [4.78, 5) is 50.2. The monoisotopic (exact) mass is 398 g/mol. The van der Waals surface area contributed by atoms with E-state index in [0.29, 0.717) is 32.4 Å². The van der Waals surface area contributed by atoms with Crippen LogP contribution in [0.4, 0.5) is 4.79 Å². The maximum atomic E-state index is 12.9. The maximum Gasteiger partial charge on any atom is 0.410 e. The lowest BCUT2D eigenvalue weighted by Gasteiger charge is -2.33. The molecule has 0 aliphatic carbocycles. The molecule has 9 nitrogen and oxygen atoms in total. The Kier molecular flexibility index (Phi) is 9.21. The standard InChI is InChI=1S/C19H34N4O5/c1-5-6-10-28-18(27)23-9-7-8-14(23)16(25)22-19(4,11-13(2)3)17(26)21-12-15(20)24/h13-14H,5-12H2,1-4H3,(H2,20,24)(H,21,26)(H,22,25)/t14-,19-/m0/s1. The number of nitrogens with zero attached hydrogens (tertiary/aromatic N) is 1. The second-order valence-electron chi connectivity index (χ2n) is 7.89. The number of nitrogens with two attached hydrogens (primary N) is 1. The van der Waals surface area contributed by atoms with Crippen molar-refractivity contribution in [2.24, 2.45) is 11.7 Å². The summed E-state index contributed by atoms with van der Waals surface area (Å²) >= 11 is 0. The van der Waals surface area contributed by atoms with E-state index in [1.165, 1.54) is 4.90 Å². The van der Waals surface area contributed by atoms with Crippen molar-refractivity contribution in [1.82, 2.24) is 15.5 Å². The van der Waals surface area contributed by atoms with Gasteiger partial charge in [-0.1, -0.05) is 27.2 Å². The van der Waals surface area contributed by atoms with E-state index in [1.54, 1.807) is 6.92 Å². The Morgan fingerprint density at radius 1 is 1.29 bits per heavy atom. The molecule has 1 fully saturated rings. The molecule has 4 amide bonds. The van der Waals surface area contributed by atoms with Crippen LogP contribution in [0.1, 0.15) is 59.8 Å². The smallest absolute Gasteiger partial charge is 0.410 e. The van der Waals surface area contributed by atoms with Gasteiger partial charge in [0.25, 0.3) is 0 Å². The predicted octanol–water partition coefficient (Wildman–Crippen LogP) is 0.910. The van der Waals surface area contributed by atoms with E-state index in [9.17, 15) is 19.2 Å². The minimum absolute atomic E-state index is 0.114. The van der Waals surface area contributed by atoms with Crippen molar-refractivity contribution in [2.45, 2.75) is 71.4 Å². The zero-order valence-electron chi connectivity index (χ0n) is 17.4. The Balaban J connectivity index is 2.83. The molecule has 9 heteroatoms. The van der Waals surface area contributed by atoms with Gasteiger partial charge in [-0.2, -0.15) is 0 Å². The second-order valence-corrected chi connectivity index (χ2v) is 7.89. The highest BCUT2D eigenvalue weighted by Crippen LogP contribution is 2.22. The lowest BCUT2D eigenvalue weighted by atomic mass is 9.89. The first kappa shape index (κ1) is 23.7. The highest BCUT2D eigenvalue weighted by molar-refractivity contribution is 5.95. The summed E-state index contributed by atoms with van der Waals surface area (Å²) in [6, 6.07) is -0.676. The van der Waals surface area contributed by atoms with Gasteiger partial charge in [-0.25, -0.2) is 4.79 Å². The van der Waals surface area contributed by atoms with Gasteiger partial charge >= 0.3 is 6.09 Å². The van der Waals surface area contributed by atoms with Crippen LogP contribution in [0.25, 0.3) is 0 Å². The van der Waals surface area contributed by atoms with Crippen LogP contribution >= 0.6 is 0 Å². The van der Waals surface area contributed by atoms with E-state index in [4.69, 9.17) is 10.5 Å². The first-order chi connectivity index (χ1) is 13.1. The highest BCUT2D eigenvalue weighted by Gasteiger charge is 2.41. The highest BCUT2D eigenvalue weighted by atomic mass is 16.6. The number of unbranched alkanes of at least 4 members (excludes halogenated alkanes) is 1. The lowest BCUT2D eigenvalue weighted by molar-refractivity contribution is -0.136. The zero-order chi connectivity index (χ0) is 21.3. The molecule has 0 aromatic carbocycles. The zero-order valence-corrected chi connectivity index (χ0v) is 17.4. The minimum Gasteiger partial charge on any atom is -0.449 e. The predicted molar refractivity (Wildman–Crippen MR) is 104 cm³/mol. The van der Waals surface area contributed by atoms with Gasteiger partial charge in [-0.05, 0) is 38.5 Å². The molecule has 0 bridgehead atoms. The average Bonchev–Trinajstić information content (AvgIpc) is 3.08. The maximum absolute atomic E-state index is 12.9. The van der Waals surface area contributed by atoms with Gasteiger partial charge in [0.15, 0.2) is 0 Å². The number of hydrogen-bond donors (Lipinski definition) is 3. The van der Waals surface area contributed by atoms with Crippen molar-refractivity contribution in [2.75, 3.05) is 19.7 Å². The van der Waals surface area contributed by atoms with E-state index in [-0.39, 0.29) is 12.5 Å². The number of amides is 4. The Hall–Kier alpha value is -2.32. The molecule has 1 aliphatic heterocycles. The van der Waals surface area contributed by atoms with Crippen molar-refractivity contribution in [3.63, 3.8) is 0 Å². The summed E-state index contributed by atoms with van der Waals surface area (Å²) < 4.78 is 5.23. The van der Waals surface area contributed by atoms with Crippen molar-refractivity contribution in [3.05, 3.63) is 0 Å². The largest absolute Gasteiger partial charge is 0.449 e. The molecule has 28 heavy (non-hydrogen) atoms. The number of hydrogen-bond acceptors (Lipinski definition) is 5. The normalized spacial score (nSPS) is 18.5. The third-order valence-corrected chi connectivity index (χ3v) is 4.65. The molecule has 2 atom stereocenters. The van der Waals surface area contributed by atoms with Crippen molar-refractivity contribution in [3.8, 4) is 0 Å². The number of carbonyl (C=O) groups excluding carboxylic acids is 4. The van der Waals surface area contributed by atoms with Crippen LogP contribution in [-0.2, 0) is 19.1 Å². The van der Waals surface area contributed by atoms with Gasteiger partial charge in [0.2, 0.25) is 17.7 Å². The third kappa shape index (κ3) is 7.01. The Morgan fingerprint density at radius 3 is 2.54 bits per heavy atom. The third-order valence-electron chi connectivity index (χ3n) is 4.65. The summed E-state index contributed by atoms with van der Waals surface area (Å²) in [5, 5.41) is 5.25. The molecule has 0 aromatic heterocycles. The van der Waals surface area contributed by atoms with Crippen LogP contribution in [0.3, 0.4) is 0 Å². The van der Waals surface area contributed by atoms with Gasteiger partial charge < -0.3 is 21.1 Å². The van der Waals surface area contributed by atoms with Crippen LogP contribution in [0.15, 0.2) is 0 Å². The summed E-state index contributed by atoms with van der Waals surface area (Å²) in [6.45, 7) is 7.93. The molecule has 0 radical (unpaired) electrons. The SMILES string of the molecule is CCCCOC(=O)N1CCC[C@H]1C(=O)N[C@@](C)(CC(C)C)C(=O)NCC(N)=O. The van der Waals surface area contributed by atoms with E-state index in [2.05, 4.69) is 10.6 Å². The molecule has 1 aliphatic rings. The molecule has 4 N–H and O–H groups in total. The fourth-order valence-corrected chi connectivity index (χ4v) is 3.38. The van der Waals surface area contributed by atoms with Crippen molar-refractivity contribution >= 4 is 23.8 Å². The summed E-state index contributed by atoms with van der Waals surface area (Å²) in [7, 11) is 0. The molecule has 1 heterocycles. The van der Waals surface area contributed by atoms with Crippen LogP contribution in [-0.4, -0.2) is 60.0 Å². The first-order valence-electron chi connectivity index (χ1n) is 9.92. The number of carbonyl (C=O) groups is 4. The van der Waals surface area contributed by atoms with Crippen LogP contribution in [0, 0.1) is 5.92 Å². The van der Waals surface area contributed by atoms with Gasteiger partial charge in [0.1, 0.15) is 11.6 Å². The number of nitrogens with one attached hydrogen (secondary N) is 2.